The summed E-state index contributed by atoms with van der Waals surface area (Å²) < 4.78 is 0. The summed E-state index contributed by atoms with van der Waals surface area (Å²) >= 11 is 12.2. The van der Waals surface area contributed by atoms with Crippen LogP contribution in [0.4, 0.5) is 11.4 Å². The van der Waals surface area contributed by atoms with Gasteiger partial charge in [-0.3, -0.25) is 9.78 Å². The number of pyridine rings is 1. The van der Waals surface area contributed by atoms with Gasteiger partial charge >= 0.3 is 0 Å². The van der Waals surface area contributed by atoms with Gasteiger partial charge in [0.1, 0.15) is 0 Å². The molecule has 126 valence electrons. The molecule has 6 heteroatoms. The summed E-state index contributed by atoms with van der Waals surface area (Å²) in [7, 11) is 0. The lowest BCUT2D eigenvalue weighted by Crippen LogP contribution is -2.34. The lowest BCUT2D eigenvalue weighted by atomic mass is 10.00. The lowest BCUT2D eigenvalue weighted by Gasteiger charge is -2.32. The zero-order chi connectivity index (χ0) is 17.1. The normalized spacial score (nSPS) is 17.6. The first-order valence-electron chi connectivity index (χ1n) is 8.00. The Bertz CT molecular complexity index is 731. The highest BCUT2D eigenvalue weighted by Crippen LogP contribution is 2.30. The molecule has 1 fully saturated rings. The Kier molecular flexibility index (Phi) is 5.27. The molecule has 1 amide bonds. The molecule has 1 aliphatic heterocycles. The largest absolute Gasteiger partial charge is 0.370 e. The summed E-state index contributed by atoms with van der Waals surface area (Å²) in [4.78, 5) is 19.0. The van der Waals surface area contributed by atoms with Crippen LogP contribution in [0.1, 0.15) is 30.1 Å². The zero-order valence-corrected chi connectivity index (χ0v) is 14.9. The Morgan fingerprint density at radius 2 is 2.04 bits per heavy atom. The Hall–Kier alpha value is -1.78. The summed E-state index contributed by atoms with van der Waals surface area (Å²) in [6.07, 6.45) is 5.76. The number of benzene rings is 1. The van der Waals surface area contributed by atoms with E-state index in [1.807, 2.05) is 6.07 Å². The predicted molar refractivity (Wildman–Crippen MR) is 99.3 cm³/mol. The summed E-state index contributed by atoms with van der Waals surface area (Å²) in [5.41, 5.74) is 1.88. The molecule has 0 bridgehead atoms. The second-order valence-electron chi connectivity index (χ2n) is 6.18. The number of para-hydroxylation sites is 1. The van der Waals surface area contributed by atoms with Crippen LogP contribution >= 0.6 is 23.2 Å². The molecule has 3 rings (SSSR count). The number of rotatable bonds is 3. The van der Waals surface area contributed by atoms with Crippen molar-refractivity contribution in [2.75, 3.05) is 23.3 Å². The van der Waals surface area contributed by atoms with E-state index in [0.717, 1.165) is 25.2 Å². The number of nitrogens with one attached hydrogen (secondary N) is 1. The monoisotopic (exact) mass is 363 g/mol. The minimum absolute atomic E-state index is 0.274. The van der Waals surface area contributed by atoms with Gasteiger partial charge in [-0.25, -0.2) is 0 Å². The van der Waals surface area contributed by atoms with Crippen LogP contribution in [-0.2, 0) is 0 Å². The van der Waals surface area contributed by atoms with Crippen molar-refractivity contribution in [1.29, 1.82) is 0 Å². The molecule has 2 heterocycles. The van der Waals surface area contributed by atoms with Gasteiger partial charge in [-0.2, -0.15) is 0 Å². The van der Waals surface area contributed by atoms with Crippen LogP contribution in [0, 0.1) is 5.92 Å². The van der Waals surface area contributed by atoms with E-state index < -0.39 is 0 Å². The first-order valence-corrected chi connectivity index (χ1v) is 8.75. The van der Waals surface area contributed by atoms with Crippen molar-refractivity contribution in [3.63, 3.8) is 0 Å². The molecule has 1 unspecified atom stereocenters. The maximum Gasteiger partial charge on any atom is 0.257 e. The van der Waals surface area contributed by atoms with Crippen LogP contribution in [0.5, 0.6) is 0 Å². The van der Waals surface area contributed by atoms with Crippen molar-refractivity contribution in [1.82, 2.24) is 4.98 Å². The van der Waals surface area contributed by atoms with Gasteiger partial charge in [-0.05, 0) is 37.0 Å². The Labute approximate surface area is 151 Å². The van der Waals surface area contributed by atoms with Gasteiger partial charge in [0, 0.05) is 19.3 Å². The molecule has 0 saturated carbocycles. The van der Waals surface area contributed by atoms with Gasteiger partial charge in [-0.15, -0.1) is 0 Å². The van der Waals surface area contributed by atoms with Crippen LogP contribution in [0.3, 0.4) is 0 Å². The quantitative estimate of drug-likeness (QED) is 0.845. The molecule has 1 aliphatic rings. The predicted octanol–water partition coefficient (Wildman–Crippen LogP) is 4.88. The topological polar surface area (TPSA) is 45.2 Å². The number of carbonyl (C=O) groups is 1. The molecular weight excluding hydrogens is 345 g/mol. The van der Waals surface area contributed by atoms with Crippen LogP contribution < -0.4 is 10.2 Å². The fraction of sp³-hybridized carbons (Fsp3) is 0.333. The summed E-state index contributed by atoms with van der Waals surface area (Å²) in [6, 6.07) is 6.98. The molecule has 0 radical (unpaired) electrons. The Morgan fingerprint density at radius 1 is 1.29 bits per heavy atom. The zero-order valence-electron chi connectivity index (χ0n) is 13.4. The number of piperidine rings is 1. The molecule has 1 aromatic heterocycles. The van der Waals surface area contributed by atoms with Crippen LogP contribution in [-0.4, -0.2) is 24.0 Å². The van der Waals surface area contributed by atoms with E-state index in [1.54, 1.807) is 30.6 Å². The Balaban J connectivity index is 1.79. The SMILES string of the molecule is CC1CCCN(c2cncc(C(=O)Nc3c(Cl)cccc3Cl)c2)C1. The van der Waals surface area contributed by atoms with Crippen molar-refractivity contribution in [2.45, 2.75) is 19.8 Å². The van der Waals surface area contributed by atoms with Gasteiger partial charge < -0.3 is 10.2 Å². The highest BCUT2D eigenvalue weighted by Gasteiger charge is 2.18. The van der Waals surface area contributed by atoms with Gasteiger partial charge in [-0.1, -0.05) is 36.2 Å². The molecule has 1 saturated heterocycles. The lowest BCUT2D eigenvalue weighted by molar-refractivity contribution is 0.102. The first kappa shape index (κ1) is 17.1. The average Bonchev–Trinajstić information content (AvgIpc) is 2.58. The van der Waals surface area contributed by atoms with Crippen molar-refractivity contribution in [3.8, 4) is 0 Å². The van der Waals surface area contributed by atoms with E-state index >= 15 is 0 Å². The van der Waals surface area contributed by atoms with Gasteiger partial charge in [0.05, 0.1) is 33.2 Å². The summed E-state index contributed by atoms with van der Waals surface area (Å²) in [6.45, 7) is 4.23. The maximum absolute atomic E-state index is 12.5. The molecule has 2 aromatic rings. The van der Waals surface area contributed by atoms with E-state index in [-0.39, 0.29) is 5.91 Å². The summed E-state index contributed by atoms with van der Waals surface area (Å²) in [5.74, 6) is 0.377. The van der Waals surface area contributed by atoms with Gasteiger partial charge in [0.25, 0.3) is 5.91 Å². The third kappa shape index (κ3) is 3.82. The number of halogens is 2. The minimum atomic E-state index is -0.274. The van der Waals surface area contributed by atoms with Crippen molar-refractivity contribution < 1.29 is 4.79 Å². The molecule has 1 atom stereocenters. The van der Waals surface area contributed by atoms with E-state index in [1.165, 1.54) is 6.42 Å². The van der Waals surface area contributed by atoms with Crippen LogP contribution in [0.25, 0.3) is 0 Å². The van der Waals surface area contributed by atoms with E-state index in [2.05, 4.69) is 22.1 Å². The van der Waals surface area contributed by atoms with Crippen molar-refractivity contribution in [3.05, 3.63) is 52.3 Å². The standard InChI is InChI=1S/C18H19Cl2N3O/c1-12-4-3-7-23(11-12)14-8-13(9-21-10-14)18(24)22-17-15(19)5-2-6-16(17)20/h2,5-6,8-10,12H,3-4,7,11H2,1H3,(H,22,24). The fourth-order valence-corrected chi connectivity index (χ4v) is 3.44. The molecular formula is C18H19Cl2N3O. The van der Waals surface area contributed by atoms with Gasteiger partial charge in [0.15, 0.2) is 0 Å². The van der Waals surface area contributed by atoms with Gasteiger partial charge in [0.2, 0.25) is 0 Å². The highest BCUT2D eigenvalue weighted by atomic mass is 35.5. The fourth-order valence-electron chi connectivity index (χ4n) is 2.95. The highest BCUT2D eigenvalue weighted by molar-refractivity contribution is 6.40. The number of amides is 1. The number of hydrogen-bond acceptors (Lipinski definition) is 3. The smallest absolute Gasteiger partial charge is 0.257 e. The number of aromatic nitrogens is 1. The average molecular weight is 364 g/mol. The maximum atomic E-state index is 12.5. The van der Waals surface area contributed by atoms with E-state index in [4.69, 9.17) is 23.2 Å². The third-order valence-electron chi connectivity index (χ3n) is 4.21. The van der Waals surface area contributed by atoms with Crippen molar-refractivity contribution >= 4 is 40.5 Å². The number of anilines is 2. The number of hydrogen-bond donors (Lipinski definition) is 1. The number of nitrogens with zero attached hydrogens (tertiary/aromatic N) is 2. The minimum Gasteiger partial charge on any atom is -0.370 e. The Morgan fingerprint density at radius 3 is 2.75 bits per heavy atom. The van der Waals surface area contributed by atoms with E-state index in [0.29, 0.717) is 27.2 Å². The third-order valence-corrected chi connectivity index (χ3v) is 4.84. The second kappa shape index (κ2) is 7.41. The van der Waals surface area contributed by atoms with Crippen LogP contribution in [0.15, 0.2) is 36.7 Å². The molecule has 1 N–H and O–H groups in total. The molecule has 0 aliphatic carbocycles. The molecule has 0 spiro atoms. The number of carbonyl (C=O) groups excluding carboxylic acids is 1. The molecule has 1 aromatic carbocycles. The molecule has 4 nitrogen and oxygen atoms in total. The van der Waals surface area contributed by atoms with E-state index in [9.17, 15) is 4.79 Å². The second-order valence-corrected chi connectivity index (χ2v) is 6.99. The summed E-state index contributed by atoms with van der Waals surface area (Å²) in [5, 5.41) is 3.59. The van der Waals surface area contributed by atoms with Crippen LogP contribution in [0.2, 0.25) is 10.0 Å². The first-order chi connectivity index (χ1) is 11.5. The molecule has 24 heavy (non-hydrogen) atoms. The van der Waals surface area contributed by atoms with Crippen molar-refractivity contribution in [2.24, 2.45) is 5.92 Å².